The van der Waals surface area contributed by atoms with Gasteiger partial charge in [0.1, 0.15) is 5.78 Å². The molecule has 0 amide bonds. The Labute approximate surface area is 73.7 Å². The molecule has 2 rings (SSSR count). The molecule has 1 saturated carbocycles. The molecule has 2 nitrogen and oxygen atoms in total. The van der Waals surface area contributed by atoms with Gasteiger partial charge in [-0.1, -0.05) is 0 Å². The van der Waals surface area contributed by atoms with E-state index in [0.717, 1.165) is 25.8 Å². The van der Waals surface area contributed by atoms with Crippen molar-refractivity contribution in [3.05, 3.63) is 0 Å². The average molecular weight is 167 g/mol. The number of hydrogen-bond acceptors (Lipinski definition) is 2. The van der Waals surface area contributed by atoms with Crippen LogP contribution in [0.3, 0.4) is 0 Å². The standard InChI is InChI=1S/C10H17NO/c1-10-6-2-5-9(12)8(10)4-3-7-11-10/h8,11H,2-7H2,1H3. The summed E-state index contributed by atoms with van der Waals surface area (Å²) in [6, 6.07) is 0. The van der Waals surface area contributed by atoms with Crippen molar-refractivity contribution in [1.82, 2.24) is 5.32 Å². The van der Waals surface area contributed by atoms with Crippen LogP contribution in [-0.2, 0) is 4.79 Å². The summed E-state index contributed by atoms with van der Waals surface area (Å²) in [6.45, 7) is 3.31. The van der Waals surface area contributed by atoms with Crippen LogP contribution in [0.1, 0.15) is 39.0 Å². The Bertz CT molecular complexity index is 198. The van der Waals surface area contributed by atoms with E-state index in [9.17, 15) is 4.79 Å². The van der Waals surface area contributed by atoms with Crippen LogP contribution in [-0.4, -0.2) is 17.9 Å². The number of carbonyl (C=O) groups excluding carboxylic acids is 1. The third kappa shape index (κ3) is 1.18. The van der Waals surface area contributed by atoms with Gasteiger partial charge in [-0.15, -0.1) is 0 Å². The highest BCUT2D eigenvalue weighted by Crippen LogP contribution is 2.36. The molecule has 68 valence electrons. The molecule has 2 atom stereocenters. The highest BCUT2D eigenvalue weighted by Gasteiger charge is 2.42. The van der Waals surface area contributed by atoms with Crippen molar-refractivity contribution < 1.29 is 4.79 Å². The summed E-state index contributed by atoms with van der Waals surface area (Å²) in [6.07, 6.45) is 5.37. The minimum atomic E-state index is 0.146. The lowest BCUT2D eigenvalue weighted by Crippen LogP contribution is -2.56. The second-order valence-corrected chi connectivity index (χ2v) is 4.36. The molecule has 0 radical (unpaired) electrons. The Balaban J connectivity index is 2.18. The lowest BCUT2D eigenvalue weighted by Gasteiger charge is -2.44. The van der Waals surface area contributed by atoms with Crippen molar-refractivity contribution in [2.24, 2.45) is 5.92 Å². The number of fused-ring (bicyclic) bond motifs is 1. The maximum Gasteiger partial charge on any atom is 0.137 e. The van der Waals surface area contributed by atoms with E-state index in [0.29, 0.717) is 11.7 Å². The minimum absolute atomic E-state index is 0.146. The van der Waals surface area contributed by atoms with Gasteiger partial charge < -0.3 is 5.32 Å². The molecule has 0 aromatic rings. The number of piperidine rings is 1. The average Bonchev–Trinajstić information content (AvgIpc) is 2.04. The second kappa shape index (κ2) is 2.84. The van der Waals surface area contributed by atoms with Crippen LogP contribution in [0.4, 0.5) is 0 Å². The van der Waals surface area contributed by atoms with E-state index in [1.165, 1.54) is 12.8 Å². The third-order valence-electron chi connectivity index (χ3n) is 3.48. The molecule has 2 fully saturated rings. The molecule has 1 aliphatic heterocycles. The van der Waals surface area contributed by atoms with Crippen molar-refractivity contribution >= 4 is 5.78 Å². The van der Waals surface area contributed by atoms with E-state index in [1.54, 1.807) is 0 Å². The fraction of sp³-hybridized carbons (Fsp3) is 0.900. The number of rotatable bonds is 0. The number of ketones is 1. The Kier molecular flexibility index (Phi) is 1.95. The summed E-state index contributed by atoms with van der Waals surface area (Å²) in [5.74, 6) is 0.816. The number of hydrogen-bond donors (Lipinski definition) is 1. The van der Waals surface area contributed by atoms with Crippen LogP contribution in [0.2, 0.25) is 0 Å². The van der Waals surface area contributed by atoms with Gasteiger partial charge in [-0.2, -0.15) is 0 Å². The van der Waals surface area contributed by atoms with Crippen molar-refractivity contribution in [2.75, 3.05) is 6.54 Å². The van der Waals surface area contributed by atoms with Gasteiger partial charge in [-0.05, 0) is 39.2 Å². The molecule has 0 spiro atoms. The van der Waals surface area contributed by atoms with E-state index >= 15 is 0 Å². The molecule has 1 saturated heterocycles. The normalized spacial score (nSPS) is 42.4. The van der Waals surface area contributed by atoms with Gasteiger partial charge >= 0.3 is 0 Å². The maximum absolute atomic E-state index is 11.6. The van der Waals surface area contributed by atoms with Gasteiger partial charge in [0.05, 0.1) is 0 Å². The molecule has 1 aliphatic carbocycles. The van der Waals surface area contributed by atoms with Crippen molar-refractivity contribution in [3.63, 3.8) is 0 Å². The molecule has 0 aromatic heterocycles. The van der Waals surface area contributed by atoms with Crippen LogP contribution in [0.25, 0.3) is 0 Å². The summed E-state index contributed by atoms with van der Waals surface area (Å²) < 4.78 is 0. The second-order valence-electron chi connectivity index (χ2n) is 4.36. The van der Waals surface area contributed by atoms with Gasteiger partial charge in [0, 0.05) is 17.9 Å². The lowest BCUT2D eigenvalue weighted by molar-refractivity contribution is -0.129. The molecule has 2 heteroatoms. The van der Waals surface area contributed by atoms with Gasteiger partial charge in [0.15, 0.2) is 0 Å². The quantitative estimate of drug-likeness (QED) is 0.592. The minimum Gasteiger partial charge on any atom is -0.311 e. The molecular weight excluding hydrogens is 150 g/mol. The van der Waals surface area contributed by atoms with Crippen LogP contribution >= 0.6 is 0 Å². The first-order valence-electron chi connectivity index (χ1n) is 5.00. The van der Waals surface area contributed by atoms with E-state index < -0.39 is 0 Å². The Hall–Kier alpha value is -0.370. The van der Waals surface area contributed by atoms with E-state index in [-0.39, 0.29) is 5.54 Å². The molecule has 2 unspecified atom stereocenters. The lowest BCUT2D eigenvalue weighted by atomic mass is 9.69. The first-order chi connectivity index (χ1) is 5.72. The zero-order chi connectivity index (χ0) is 8.60. The first kappa shape index (κ1) is 8.24. The summed E-state index contributed by atoms with van der Waals surface area (Å²) in [7, 11) is 0. The fourth-order valence-electron chi connectivity index (χ4n) is 2.70. The van der Waals surface area contributed by atoms with Crippen LogP contribution in [0.5, 0.6) is 0 Å². The maximum atomic E-state index is 11.6. The van der Waals surface area contributed by atoms with Crippen molar-refractivity contribution in [3.8, 4) is 0 Å². The molecular formula is C10H17NO. The predicted molar refractivity (Wildman–Crippen MR) is 48.0 cm³/mol. The highest BCUT2D eigenvalue weighted by atomic mass is 16.1. The van der Waals surface area contributed by atoms with Gasteiger partial charge in [0.2, 0.25) is 0 Å². The van der Waals surface area contributed by atoms with Crippen molar-refractivity contribution in [1.29, 1.82) is 0 Å². The molecule has 1 heterocycles. The SMILES string of the molecule is CC12CCCC(=O)C1CCCN2. The summed E-state index contributed by atoms with van der Waals surface area (Å²) in [5, 5.41) is 3.51. The third-order valence-corrected chi connectivity index (χ3v) is 3.48. The van der Waals surface area contributed by atoms with Gasteiger partial charge in [-0.3, -0.25) is 4.79 Å². The van der Waals surface area contributed by atoms with E-state index in [2.05, 4.69) is 12.2 Å². The van der Waals surface area contributed by atoms with E-state index in [4.69, 9.17) is 0 Å². The predicted octanol–water partition coefficient (Wildman–Crippen LogP) is 1.50. The van der Waals surface area contributed by atoms with Gasteiger partial charge in [-0.25, -0.2) is 0 Å². The fourth-order valence-corrected chi connectivity index (χ4v) is 2.70. The first-order valence-corrected chi connectivity index (χ1v) is 5.00. The summed E-state index contributed by atoms with van der Waals surface area (Å²) >= 11 is 0. The zero-order valence-electron chi connectivity index (χ0n) is 7.73. The van der Waals surface area contributed by atoms with Crippen LogP contribution in [0, 0.1) is 5.92 Å². The summed E-state index contributed by atoms with van der Waals surface area (Å²) in [5.41, 5.74) is 0.146. The number of nitrogens with one attached hydrogen (secondary N) is 1. The zero-order valence-corrected chi connectivity index (χ0v) is 7.73. The van der Waals surface area contributed by atoms with Gasteiger partial charge in [0.25, 0.3) is 0 Å². The Morgan fingerprint density at radius 1 is 1.50 bits per heavy atom. The number of carbonyl (C=O) groups is 1. The molecule has 2 aliphatic rings. The van der Waals surface area contributed by atoms with Crippen molar-refractivity contribution in [2.45, 2.75) is 44.6 Å². The highest BCUT2D eigenvalue weighted by molar-refractivity contribution is 5.83. The molecule has 12 heavy (non-hydrogen) atoms. The topological polar surface area (TPSA) is 29.1 Å². The van der Waals surface area contributed by atoms with E-state index in [1.807, 2.05) is 0 Å². The number of Topliss-reactive ketones (excluding diaryl/α,β-unsaturated/α-hetero) is 1. The molecule has 0 bridgehead atoms. The Morgan fingerprint density at radius 2 is 2.33 bits per heavy atom. The largest absolute Gasteiger partial charge is 0.311 e. The molecule has 0 aromatic carbocycles. The molecule has 1 N–H and O–H groups in total. The summed E-state index contributed by atoms with van der Waals surface area (Å²) in [4.78, 5) is 11.6. The smallest absolute Gasteiger partial charge is 0.137 e. The van der Waals surface area contributed by atoms with Crippen LogP contribution in [0.15, 0.2) is 0 Å². The van der Waals surface area contributed by atoms with Crippen LogP contribution < -0.4 is 5.32 Å². The Morgan fingerprint density at radius 3 is 3.08 bits per heavy atom. The monoisotopic (exact) mass is 167 g/mol.